The first-order valence-corrected chi connectivity index (χ1v) is 7.63. The van der Waals surface area contributed by atoms with E-state index in [-0.39, 0.29) is 0 Å². The molecule has 3 nitrogen and oxygen atoms in total. The maximum Gasteiger partial charge on any atom is 0.0630 e. The molecule has 0 saturated heterocycles. The van der Waals surface area contributed by atoms with Gasteiger partial charge in [-0.1, -0.05) is 34.1 Å². The molecule has 1 aromatic heterocycles. The molecule has 1 rings (SSSR count). The Hall–Kier alpha value is -0.830. The van der Waals surface area contributed by atoms with E-state index >= 15 is 0 Å². The van der Waals surface area contributed by atoms with Crippen molar-refractivity contribution in [1.82, 2.24) is 15.1 Å². The monoisotopic (exact) mass is 265 g/mol. The molecule has 19 heavy (non-hydrogen) atoms. The van der Waals surface area contributed by atoms with E-state index in [0.29, 0.717) is 17.5 Å². The van der Waals surface area contributed by atoms with Gasteiger partial charge in [0.25, 0.3) is 0 Å². The summed E-state index contributed by atoms with van der Waals surface area (Å²) >= 11 is 0. The number of nitrogens with zero attached hydrogens (tertiary/aromatic N) is 2. The molecule has 0 saturated carbocycles. The first-order valence-electron chi connectivity index (χ1n) is 7.63. The second-order valence-electron chi connectivity index (χ2n) is 6.65. The smallest absolute Gasteiger partial charge is 0.0630 e. The zero-order valence-electron chi connectivity index (χ0n) is 13.5. The molecule has 1 unspecified atom stereocenters. The van der Waals surface area contributed by atoms with Crippen LogP contribution in [0.5, 0.6) is 0 Å². The minimum absolute atomic E-state index is 0.301. The molecule has 1 heterocycles. The minimum atomic E-state index is 0.301. The summed E-state index contributed by atoms with van der Waals surface area (Å²) < 4.78 is 2.05. The van der Waals surface area contributed by atoms with Crippen LogP contribution in [0.1, 0.15) is 66.1 Å². The summed E-state index contributed by atoms with van der Waals surface area (Å²) in [7, 11) is 0. The van der Waals surface area contributed by atoms with Crippen molar-refractivity contribution in [3.8, 4) is 0 Å². The number of nitrogens with one attached hydrogen (secondary N) is 1. The van der Waals surface area contributed by atoms with Crippen LogP contribution < -0.4 is 5.32 Å². The third kappa shape index (κ3) is 5.35. The van der Waals surface area contributed by atoms with Crippen molar-refractivity contribution >= 4 is 0 Å². The Morgan fingerprint density at radius 1 is 1.32 bits per heavy atom. The molecule has 0 aliphatic rings. The molecule has 0 aliphatic carbocycles. The highest BCUT2D eigenvalue weighted by atomic mass is 15.3. The van der Waals surface area contributed by atoms with E-state index in [2.05, 4.69) is 63.8 Å². The van der Waals surface area contributed by atoms with Crippen LogP contribution in [0.2, 0.25) is 0 Å². The van der Waals surface area contributed by atoms with Crippen molar-refractivity contribution < 1.29 is 0 Å². The summed E-state index contributed by atoms with van der Waals surface area (Å²) in [6, 6.07) is 3.16. The van der Waals surface area contributed by atoms with Gasteiger partial charge in [-0.2, -0.15) is 5.10 Å². The molecule has 0 bridgehead atoms. The second-order valence-corrected chi connectivity index (χ2v) is 6.65. The summed E-state index contributed by atoms with van der Waals surface area (Å²) in [5, 5.41) is 8.28. The lowest BCUT2D eigenvalue weighted by Gasteiger charge is -2.30. The fraction of sp³-hybridized carbons (Fsp3) is 0.812. The molecular formula is C16H31N3. The van der Waals surface area contributed by atoms with Crippen LogP contribution in [-0.2, 0) is 6.42 Å². The fourth-order valence-electron chi connectivity index (χ4n) is 2.49. The molecule has 0 spiro atoms. The van der Waals surface area contributed by atoms with Gasteiger partial charge in [-0.25, -0.2) is 0 Å². The topological polar surface area (TPSA) is 29.9 Å². The standard InChI is InChI=1S/C16H31N3/c1-7-9-16(6,12-17-13(2)3)11-15-8-10-19(18-15)14(4)5/h8,10,13-14,17H,7,9,11-12H2,1-6H3. The van der Waals surface area contributed by atoms with Crippen LogP contribution >= 0.6 is 0 Å². The highest BCUT2D eigenvalue weighted by Gasteiger charge is 2.25. The maximum absolute atomic E-state index is 4.69. The van der Waals surface area contributed by atoms with Gasteiger partial charge in [0.05, 0.1) is 5.69 Å². The van der Waals surface area contributed by atoms with Crippen molar-refractivity contribution in [2.75, 3.05) is 6.54 Å². The van der Waals surface area contributed by atoms with Gasteiger partial charge in [0.1, 0.15) is 0 Å². The summed E-state index contributed by atoms with van der Waals surface area (Å²) in [6.45, 7) is 14.5. The lowest BCUT2D eigenvalue weighted by molar-refractivity contribution is 0.263. The van der Waals surface area contributed by atoms with Crippen molar-refractivity contribution in [2.45, 2.75) is 72.9 Å². The normalized spacial score (nSPS) is 15.2. The van der Waals surface area contributed by atoms with Gasteiger partial charge in [0.2, 0.25) is 0 Å². The van der Waals surface area contributed by atoms with Crippen molar-refractivity contribution in [1.29, 1.82) is 0 Å². The van der Waals surface area contributed by atoms with E-state index in [1.54, 1.807) is 0 Å². The highest BCUT2D eigenvalue weighted by Crippen LogP contribution is 2.27. The first kappa shape index (κ1) is 16.2. The zero-order chi connectivity index (χ0) is 14.5. The largest absolute Gasteiger partial charge is 0.314 e. The Morgan fingerprint density at radius 3 is 2.47 bits per heavy atom. The third-order valence-corrected chi connectivity index (χ3v) is 3.59. The van der Waals surface area contributed by atoms with E-state index in [4.69, 9.17) is 5.10 Å². The zero-order valence-corrected chi connectivity index (χ0v) is 13.5. The SMILES string of the molecule is CCCC(C)(CNC(C)C)Cc1ccn(C(C)C)n1. The average molecular weight is 265 g/mol. The molecule has 0 aliphatic heterocycles. The van der Waals surface area contributed by atoms with Gasteiger partial charge in [0, 0.05) is 24.8 Å². The predicted molar refractivity (Wildman–Crippen MR) is 82.5 cm³/mol. The molecule has 3 heteroatoms. The van der Waals surface area contributed by atoms with E-state index in [1.165, 1.54) is 18.5 Å². The number of hydrogen-bond donors (Lipinski definition) is 1. The molecule has 0 aromatic carbocycles. The average Bonchev–Trinajstić information content (AvgIpc) is 2.75. The highest BCUT2D eigenvalue weighted by molar-refractivity contribution is 5.03. The quantitative estimate of drug-likeness (QED) is 0.774. The van der Waals surface area contributed by atoms with Gasteiger partial charge in [-0.3, -0.25) is 4.68 Å². The van der Waals surface area contributed by atoms with Crippen molar-refractivity contribution in [3.05, 3.63) is 18.0 Å². The van der Waals surface area contributed by atoms with E-state index in [1.807, 2.05) is 0 Å². The fourth-order valence-corrected chi connectivity index (χ4v) is 2.49. The third-order valence-electron chi connectivity index (χ3n) is 3.59. The van der Waals surface area contributed by atoms with Crippen LogP contribution in [0.25, 0.3) is 0 Å². The Labute approximate surface area is 118 Å². The molecule has 110 valence electrons. The Bertz CT molecular complexity index is 368. The van der Waals surface area contributed by atoms with Gasteiger partial charge in [-0.05, 0) is 38.2 Å². The Balaban J connectivity index is 2.70. The maximum atomic E-state index is 4.69. The van der Waals surface area contributed by atoms with Crippen molar-refractivity contribution in [3.63, 3.8) is 0 Å². The Morgan fingerprint density at radius 2 is 2.00 bits per heavy atom. The lowest BCUT2D eigenvalue weighted by atomic mass is 9.81. The predicted octanol–water partition coefficient (Wildman–Crippen LogP) is 3.81. The number of aromatic nitrogens is 2. The second kappa shape index (κ2) is 7.09. The number of rotatable bonds is 8. The summed E-state index contributed by atoms with van der Waals surface area (Å²) in [5.41, 5.74) is 1.52. The van der Waals surface area contributed by atoms with Crippen LogP contribution in [0, 0.1) is 5.41 Å². The van der Waals surface area contributed by atoms with Crippen molar-refractivity contribution in [2.24, 2.45) is 5.41 Å². The molecule has 0 amide bonds. The van der Waals surface area contributed by atoms with E-state index < -0.39 is 0 Å². The van der Waals surface area contributed by atoms with Crippen LogP contribution in [0.3, 0.4) is 0 Å². The van der Waals surface area contributed by atoms with Crippen LogP contribution in [-0.4, -0.2) is 22.4 Å². The lowest BCUT2D eigenvalue weighted by Crippen LogP contribution is -2.37. The van der Waals surface area contributed by atoms with E-state index in [0.717, 1.165) is 13.0 Å². The Kier molecular flexibility index (Phi) is 6.05. The van der Waals surface area contributed by atoms with Crippen LogP contribution in [0.4, 0.5) is 0 Å². The molecule has 1 atom stereocenters. The van der Waals surface area contributed by atoms with E-state index in [9.17, 15) is 0 Å². The van der Waals surface area contributed by atoms with Gasteiger partial charge < -0.3 is 5.32 Å². The number of hydrogen-bond acceptors (Lipinski definition) is 2. The first-order chi connectivity index (χ1) is 8.86. The molecule has 1 aromatic rings. The van der Waals surface area contributed by atoms with Crippen LogP contribution in [0.15, 0.2) is 12.3 Å². The molecule has 1 N–H and O–H groups in total. The summed E-state index contributed by atoms with van der Waals surface area (Å²) in [6.07, 6.45) is 5.62. The van der Waals surface area contributed by atoms with Gasteiger partial charge in [0.15, 0.2) is 0 Å². The van der Waals surface area contributed by atoms with Gasteiger partial charge >= 0.3 is 0 Å². The molecular weight excluding hydrogens is 234 g/mol. The molecule has 0 fully saturated rings. The summed E-state index contributed by atoms with van der Waals surface area (Å²) in [4.78, 5) is 0. The molecule has 0 radical (unpaired) electrons. The van der Waals surface area contributed by atoms with Gasteiger partial charge in [-0.15, -0.1) is 0 Å². The summed E-state index contributed by atoms with van der Waals surface area (Å²) in [5.74, 6) is 0. The minimum Gasteiger partial charge on any atom is -0.314 e.